The first-order chi connectivity index (χ1) is 8.42. The van der Waals surface area contributed by atoms with Gasteiger partial charge in [0.05, 0.1) is 19.6 Å². The van der Waals surface area contributed by atoms with Crippen LogP contribution in [-0.2, 0) is 9.59 Å². The minimum atomic E-state index is -1.56. The zero-order valence-electron chi connectivity index (χ0n) is 9.57. The van der Waals surface area contributed by atoms with E-state index < -0.39 is 30.4 Å². The molecule has 0 spiro atoms. The molecule has 0 fully saturated rings. The minimum absolute atomic E-state index is 0.0915. The fourth-order valence-corrected chi connectivity index (χ4v) is 1.17. The average molecular weight is 264 g/mol. The number of hydrogen-bond donors (Lipinski definition) is 5. The highest BCUT2D eigenvalue weighted by atomic mass is 16.4. The summed E-state index contributed by atoms with van der Waals surface area (Å²) >= 11 is 0. The van der Waals surface area contributed by atoms with Crippen LogP contribution in [0.1, 0.15) is 6.42 Å². The van der Waals surface area contributed by atoms with Gasteiger partial charge in [-0.25, -0.2) is 9.59 Å². The summed E-state index contributed by atoms with van der Waals surface area (Å²) in [6.45, 7) is -0.897. The van der Waals surface area contributed by atoms with Crippen LogP contribution in [0.5, 0.6) is 0 Å². The van der Waals surface area contributed by atoms with E-state index in [-0.39, 0.29) is 26.3 Å². The van der Waals surface area contributed by atoms with Crippen molar-refractivity contribution in [2.24, 2.45) is 0 Å². The molecule has 5 N–H and O–H groups in total. The lowest BCUT2D eigenvalue weighted by atomic mass is 10.2. The summed E-state index contributed by atoms with van der Waals surface area (Å²) < 4.78 is 0. The Hall–Kier alpha value is -1.87. The van der Waals surface area contributed by atoms with E-state index in [9.17, 15) is 14.4 Å². The Kier molecular flexibility index (Phi) is 7.40. The topological polar surface area (TPSA) is 147 Å². The van der Waals surface area contributed by atoms with Gasteiger partial charge in [0.1, 0.15) is 6.04 Å². The van der Waals surface area contributed by atoms with E-state index in [1.807, 2.05) is 5.32 Å². The van der Waals surface area contributed by atoms with Gasteiger partial charge in [0, 0.05) is 13.1 Å². The normalized spacial score (nSPS) is 11.7. The summed E-state index contributed by atoms with van der Waals surface area (Å²) in [5.74, 6) is -2.84. The predicted molar refractivity (Wildman–Crippen MR) is 58.0 cm³/mol. The lowest BCUT2D eigenvalue weighted by Gasteiger charge is -2.23. The molecule has 0 aliphatic heterocycles. The minimum Gasteiger partial charge on any atom is -0.481 e. The first-order valence-electron chi connectivity index (χ1n) is 5.14. The van der Waals surface area contributed by atoms with Gasteiger partial charge in [-0.1, -0.05) is 0 Å². The van der Waals surface area contributed by atoms with Gasteiger partial charge in [0.25, 0.3) is 0 Å². The number of aliphatic hydroxyl groups excluding tert-OH is 2. The Labute approximate surface area is 103 Å². The third kappa shape index (κ3) is 6.01. The van der Waals surface area contributed by atoms with Crippen LogP contribution in [0.4, 0.5) is 4.79 Å². The summed E-state index contributed by atoms with van der Waals surface area (Å²) in [5.41, 5.74) is 0. The van der Waals surface area contributed by atoms with E-state index in [1.165, 1.54) is 0 Å². The first kappa shape index (κ1) is 16.1. The van der Waals surface area contributed by atoms with E-state index in [2.05, 4.69) is 0 Å². The van der Waals surface area contributed by atoms with Gasteiger partial charge < -0.3 is 30.6 Å². The zero-order valence-corrected chi connectivity index (χ0v) is 9.57. The van der Waals surface area contributed by atoms with Crippen LogP contribution in [0.2, 0.25) is 0 Å². The molecular weight excluding hydrogens is 248 g/mol. The van der Waals surface area contributed by atoms with Gasteiger partial charge in [0.15, 0.2) is 0 Å². The van der Waals surface area contributed by atoms with Crippen molar-refractivity contribution in [3.8, 4) is 0 Å². The number of urea groups is 1. The molecule has 0 radical (unpaired) electrons. The van der Waals surface area contributed by atoms with Gasteiger partial charge in [-0.3, -0.25) is 4.79 Å². The van der Waals surface area contributed by atoms with Crippen molar-refractivity contribution in [1.29, 1.82) is 0 Å². The molecule has 0 aromatic rings. The van der Waals surface area contributed by atoms with Crippen LogP contribution in [0, 0.1) is 0 Å². The van der Waals surface area contributed by atoms with Crippen LogP contribution in [0.25, 0.3) is 0 Å². The second kappa shape index (κ2) is 8.25. The number of carbonyl (C=O) groups excluding carboxylic acids is 1. The molecule has 9 nitrogen and oxygen atoms in total. The average Bonchev–Trinajstić information content (AvgIpc) is 2.27. The first-order valence-corrected chi connectivity index (χ1v) is 5.14. The quantitative estimate of drug-likeness (QED) is 0.337. The number of nitrogens with one attached hydrogen (secondary N) is 1. The largest absolute Gasteiger partial charge is 0.481 e. The fourth-order valence-electron chi connectivity index (χ4n) is 1.17. The maximum absolute atomic E-state index is 11.6. The number of carboxylic acid groups (broad SMARTS) is 2. The van der Waals surface area contributed by atoms with Crippen LogP contribution >= 0.6 is 0 Å². The molecule has 0 bridgehead atoms. The van der Waals surface area contributed by atoms with E-state index in [0.29, 0.717) is 0 Å². The van der Waals surface area contributed by atoms with Crippen molar-refractivity contribution in [2.45, 2.75) is 12.5 Å². The van der Waals surface area contributed by atoms with Crippen molar-refractivity contribution < 1.29 is 34.8 Å². The second-order valence-corrected chi connectivity index (χ2v) is 3.37. The number of rotatable bonds is 8. The van der Waals surface area contributed by atoms with Crippen molar-refractivity contribution in [3.05, 3.63) is 0 Å². The number of carbonyl (C=O) groups is 3. The van der Waals surface area contributed by atoms with Gasteiger partial charge in [-0.2, -0.15) is 0 Å². The van der Waals surface area contributed by atoms with Crippen LogP contribution in [-0.4, -0.2) is 75.6 Å². The molecule has 9 heteroatoms. The summed E-state index contributed by atoms with van der Waals surface area (Å²) in [4.78, 5) is 33.7. The molecule has 0 aliphatic carbocycles. The number of aliphatic carboxylic acids is 2. The monoisotopic (exact) mass is 264 g/mol. The maximum atomic E-state index is 11.6. The van der Waals surface area contributed by atoms with Crippen molar-refractivity contribution >= 4 is 18.0 Å². The van der Waals surface area contributed by atoms with Crippen LogP contribution < -0.4 is 5.32 Å². The molecule has 0 aliphatic rings. The lowest BCUT2D eigenvalue weighted by Crippen LogP contribution is -2.50. The number of aliphatic hydroxyl groups is 2. The molecule has 0 aromatic heterocycles. The van der Waals surface area contributed by atoms with Crippen LogP contribution in [0.15, 0.2) is 0 Å². The highest BCUT2D eigenvalue weighted by Gasteiger charge is 2.25. The number of carboxylic acids is 2. The molecule has 0 unspecified atom stereocenters. The standard InChI is InChI=1S/C9H16N2O7/c12-3-1-11(2-4-13)9(18)10-6(8(16)17)5-7(14)15/h6,12-13H,1-5H2,(H,10,18)(H,14,15)(H,16,17)/t6-/m1/s1. The van der Waals surface area contributed by atoms with E-state index >= 15 is 0 Å². The lowest BCUT2D eigenvalue weighted by molar-refractivity contribution is -0.145. The van der Waals surface area contributed by atoms with Gasteiger partial charge in [0.2, 0.25) is 0 Å². The van der Waals surface area contributed by atoms with E-state index in [1.54, 1.807) is 0 Å². The van der Waals surface area contributed by atoms with Crippen molar-refractivity contribution in [1.82, 2.24) is 10.2 Å². The Morgan fingerprint density at radius 2 is 1.56 bits per heavy atom. The Morgan fingerprint density at radius 1 is 1.06 bits per heavy atom. The molecule has 2 amide bonds. The highest BCUT2D eigenvalue weighted by Crippen LogP contribution is 1.96. The summed E-state index contributed by atoms with van der Waals surface area (Å²) in [7, 11) is 0. The summed E-state index contributed by atoms with van der Waals surface area (Å²) in [6, 6.07) is -2.42. The third-order valence-corrected chi connectivity index (χ3v) is 2.00. The smallest absolute Gasteiger partial charge is 0.326 e. The Balaban J connectivity index is 4.54. The molecule has 18 heavy (non-hydrogen) atoms. The Morgan fingerprint density at radius 3 is 1.89 bits per heavy atom. The number of hydrogen-bond acceptors (Lipinski definition) is 5. The van der Waals surface area contributed by atoms with Crippen LogP contribution in [0.3, 0.4) is 0 Å². The highest BCUT2D eigenvalue weighted by molar-refractivity contribution is 5.86. The van der Waals surface area contributed by atoms with Gasteiger partial charge in [-0.15, -0.1) is 0 Å². The number of nitrogens with zero attached hydrogens (tertiary/aromatic N) is 1. The summed E-state index contributed by atoms with van der Waals surface area (Å²) in [6.07, 6.45) is -0.757. The molecule has 0 saturated heterocycles. The molecule has 0 aromatic carbocycles. The van der Waals surface area contributed by atoms with Crippen molar-refractivity contribution in [3.63, 3.8) is 0 Å². The molecule has 0 saturated carbocycles. The number of amides is 2. The molecular formula is C9H16N2O7. The SMILES string of the molecule is O=C(O)C[C@@H](NC(=O)N(CCO)CCO)C(=O)O. The summed E-state index contributed by atoms with van der Waals surface area (Å²) in [5, 5.41) is 36.6. The van der Waals surface area contributed by atoms with E-state index in [4.69, 9.17) is 20.4 Å². The third-order valence-electron chi connectivity index (χ3n) is 2.00. The second-order valence-electron chi connectivity index (χ2n) is 3.37. The molecule has 104 valence electrons. The Bertz CT molecular complexity index is 301. The van der Waals surface area contributed by atoms with Crippen molar-refractivity contribution in [2.75, 3.05) is 26.3 Å². The fraction of sp³-hybridized carbons (Fsp3) is 0.667. The predicted octanol–water partition coefficient (Wildman–Crippen LogP) is -2.09. The maximum Gasteiger partial charge on any atom is 0.326 e. The molecule has 0 rings (SSSR count). The van der Waals surface area contributed by atoms with Gasteiger partial charge >= 0.3 is 18.0 Å². The molecule has 0 heterocycles. The van der Waals surface area contributed by atoms with Gasteiger partial charge in [-0.05, 0) is 0 Å². The molecule has 1 atom stereocenters. The zero-order chi connectivity index (χ0) is 14.1. The van der Waals surface area contributed by atoms with E-state index in [0.717, 1.165) is 4.90 Å².